The fourth-order valence-corrected chi connectivity index (χ4v) is 4.93. The van der Waals surface area contributed by atoms with E-state index >= 15 is 0 Å². The van der Waals surface area contributed by atoms with Gasteiger partial charge in [-0.3, -0.25) is 4.79 Å². The summed E-state index contributed by atoms with van der Waals surface area (Å²) in [5, 5.41) is 4.53. The smallest absolute Gasteiger partial charge is 0.183 e. The van der Waals surface area contributed by atoms with Crippen LogP contribution in [0.1, 0.15) is 20.4 Å². The molecule has 1 fully saturated rings. The molecule has 0 atom stereocenters. The minimum atomic E-state index is -1.33. The summed E-state index contributed by atoms with van der Waals surface area (Å²) >= 11 is 2.61. The average molecular weight is 404 g/mol. The first kappa shape index (κ1) is 18.3. The summed E-state index contributed by atoms with van der Waals surface area (Å²) in [4.78, 5) is 22.7. The Hall–Kier alpha value is -2.03. The number of benzene rings is 1. The Balaban J connectivity index is 1.53. The third-order valence-electron chi connectivity index (χ3n) is 4.45. The van der Waals surface area contributed by atoms with Gasteiger partial charge in [-0.2, -0.15) is 0 Å². The molecule has 0 radical (unpaired) electrons. The molecule has 3 heterocycles. The van der Waals surface area contributed by atoms with Gasteiger partial charge in [0, 0.05) is 23.4 Å². The van der Waals surface area contributed by atoms with Gasteiger partial charge in [0.25, 0.3) is 0 Å². The number of aryl methyl sites for hydroxylation is 1. The number of nitrogens with zero attached hydrogens (tertiary/aromatic N) is 2. The van der Waals surface area contributed by atoms with Gasteiger partial charge in [0.2, 0.25) is 0 Å². The molecule has 0 bridgehead atoms. The van der Waals surface area contributed by atoms with Crippen LogP contribution in [0.3, 0.4) is 0 Å². The number of thiophene rings is 1. The highest BCUT2D eigenvalue weighted by atomic mass is 32.2. The number of alkyl halides is 1. The Morgan fingerprint density at radius 1 is 1.33 bits per heavy atom. The molecule has 0 unspecified atom stereocenters. The van der Waals surface area contributed by atoms with Crippen LogP contribution in [0.15, 0.2) is 35.4 Å². The van der Waals surface area contributed by atoms with Crippen molar-refractivity contribution in [2.45, 2.75) is 17.6 Å². The third-order valence-corrected chi connectivity index (χ3v) is 6.75. The summed E-state index contributed by atoms with van der Waals surface area (Å²) in [6, 6.07) is 9.05. The largest absolute Gasteiger partial charge is 0.497 e. The van der Waals surface area contributed by atoms with Gasteiger partial charge in [-0.25, -0.2) is 14.4 Å². The number of thioether (sulfide) groups is 1. The summed E-state index contributed by atoms with van der Waals surface area (Å²) in [6.07, 6.45) is 0. The van der Waals surface area contributed by atoms with Gasteiger partial charge < -0.3 is 10.1 Å². The van der Waals surface area contributed by atoms with Crippen molar-refractivity contribution >= 4 is 39.8 Å². The van der Waals surface area contributed by atoms with E-state index in [4.69, 9.17) is 4.74 Å². The van der Waals surface area contributed by atoms with E-state index in [1.165, 1.54) is 23.1 Å². The lowest BCUT2D eigenvalue weighted by atomic mass is 9.98. The molecular formula is C19H18FN3O2S2. The van der Waals surface area contributed by atoms with Crippen molar-refractivity contribution in [1.82, 2.24) is 15.3 Å². The highest BCUT2D eigenvalue weighted by Gasteiger charge is 2.40. The molecule has 5 nitrogen and oxygen atoms in total. The number of carbonyl (C=O) groups excluding carboxylic acids is 1. The lowest BCUT2D eigenvalue weighted by Crippen LogP contribution is -2.53. The lowest BCUT2D eigenvalue weighted by Gasteiger charge is -2.33. The maximum Gasteiger partial charge on any atom is 0.183 e. The van der Waals surface area contributed by atoms with Crippen molar-refractivity contribution in [3.05, 3.63) is 45.9 Å². The zero-order valence-electron chi connectivity index (χ0n) is 14.9. The lowest BCUT2D eigenvalue weighted by molar-refractivity contribution is 0.0934. The van der Waals surface area contributed by atoms with Gasteiger partial charge in [0.1, 0.15) is 16.6 Å². The Morgan fingerprint density at radius 2 is 2.15 bits per heavy atom. The number of Topliss-reactive ketones (excluding diaryl/α,β-unsaturated/α-hetero) is 1. The van der Waals surface area contributed by atoms with Crippen molar-refractivity contribution in [2.24, 2.45) is 0 Å². The number of nitrogens with one attached hydrogen (secondary N) is 1. The van der Waals surface area contributed by atoms with E-state index in [-0.39, 0.29) is 11.5 Å². The Kier molecular flexibility index (Phi) is 4.88. The summed E-state index contributed by atoms with van der Waals surface area (Å²) in [7, 11) is 1.61. The van der Waals surface area contributed by atoms with Crippen molar-refractivity contribution < 1.29 is 13.9 Å². The van der Waals surface area contributed by atoms with Crippen molar-refractivity contribution in [3.8, 4) is 5.75 Å². The van der Waals surface area contributed by atoms with Crippen LogP contribution in [0.25, 0.3) is 10.9 Å². The van der Waals surface area contributed by atoms with E-state index in [1.807, 2.05) is 25.1 Å². The number of ether oxygens (including phenoxy) is 1. The van der Waals surface area contributed by atoms with E-state index in [2.05, 4.69) is 15.3 Å². The number of rotatable bonds is 6. The Morgan fingerprint density at radius 3 is 2.85 bits per heavy atom. The zero-order chi connectivity index (χ0) is 19.0. The number of methoxy groups -OCH3 is 1. The number of hydrogen-bond acceptors (Lipinski definition) is 7. The van der Waals surface area contributed by atoms with Crippen LogP contribution in [0.5, 0.6) is 5.75 Å². The van der Waals surface area contributed by atoms with Crippen LogP contribution in [0.2, 0.25) is 0 Å². The molecule has 4 rings (SSSR count). The number of ketones is 1. The average Bonchev–Trinajstić information content (AvgIpc) is 3.14. The number of fused-ring (bicyclic) bond motifs is 1. The number of aromatic nitrogens is 2. The predicted molar refractivity (Wildman–Crippen MR) is 106 cm³/mol. The second-order valence-electron chi connectivity index (χ2n) is 6.40. The number of halogens is 1. The summed E-state index contributed by atoms with van der Waals surface area (Å²) in [5.74, 6) is 1.57. The van der Waals surface area contributed by atoms with Crippen molar-refractivity contribution in [1.29, 1.82) is 0 Å². The molecule has 0 aliphatic carbocycles. The minimum Gasteiger partial charge on any atom is -0.497 e. The molecule has 8 heteroatoms. The summed E-state index contributed by atoms with van der Waals surface area (Å²) in [6.45, 7) is 2.45. The van der Waals surface area contributed by atoms with E-state index in [1.54, 1.807) is 19.2 Å². The van der Waals surface area contributed by atoms with Crippen LogP contribution < -0.4 is 10.1 Å². The monoisotopic (exact) mass is 403 g/mol. The second-order valence-corrected chi connectivity index (χ2v) is 8.45. The van der Waals surface area contributed by atoms with E-state index in [0.29, 0.717) is 34.4 Å². The van der Waals surface area contributed by atoms with Crippen molar-refractivity contribution in [3.63, 3.8) is 0 Å². The molecule has 1 aliphatic rings. The van der Waals surface area contributed by atoms with E-state index in [0.717, 1.165) is 15.9 Å². The van der Waals surface area contributed by atoms with Crippen LogP contribution in [-0.2, 0) is 5.67 Å². The van der Waals surface area contributed by atoms with Crippen LogP contribution >= 0.6 is 23.1 Å². The van der Waals surface area contributed by atoms with Crippen LogP contribution in [-0.4, -0.2) is 41.7 Å². The first-order valence-corrected chi connectivity index (χ1v) is 10.3. The Labute approximate surface area is 164 Å². The molecular weight excluding hydrogens is 385 g/mol. The SMILES string of the molecule is COc1ccc2nc(C)nc(SCC(=O)c3ccc(C4(F)CNC4)s3)c2c1. The third kappa shape index (κ3) is 3.56. The van der Waals surface area contributed by atoms with Gasteiger partial charge in [-0.15, -0.1) is 11.3 Å². The highest BCUT2D eigenvalue weighted by Crippen LogP contribution is 2.36. The zero-order valence-corrected chi connectivity index (χ0v) is 16.5. The summed E-state index contributed by atoms with van der Waals surface area (Å²) < 4.78 is 19.7. The molecule has 1 aromatic carbocycles. The quantitative estimate of drug-likeness (QED) is 0.384. The highest BCUT2D eigenvalue weighted by molar-refractivity contribution is 8.00. The fourth-order valence-electron chi connectivity index (χ4n) is 2.88. The minimum absolute atomic E-state index is 0.0283. The van der Waals surface area contributed by atoms with Crippen molar-refractivity contribution in [2.75, 3.05) is 26.0 Å². The van der Waals surface area contributed by atoms with Gasteiger partial charge in [-0.1, -0.05) is 11.8 Å². The van der Waals surface area contributed by atoms with Gasteiger partial charge >= 0.3 is 0 Å². The standard InChI is InChI=1S/C19H18FN3O2S2/c1-11-22-14-4-3-12(25-2)7-13(14)18(23-11)26-8-15(24)16-5-6-17(27-16)19(20)9-21-10-19/h3-7,21H,8-10H2,1-2H3. The first-order chi connectivity index (χ1) is 13.0. The molecule has 0 amide bonds. The van der Waals surface area contributed by atoms with Gasteiger partial charge in [0.15, 0.2) is 11.5 Å². The molecule has 3 aromatic rings. The molecule has 140 valence electrons. The molecule has 1 aliphatic heterocycles. The number of carbonyl (C=O) groups is 1. The fraction of sp³-hybridized carbons (Fsp3) is 0.316. The normalized spacial score (nSPS) is 15.5. The Bertz CT molecular complexity index is 1020. The maximum absolute atomic E-state index is 14.5. The van der Waals surface area contributed by atoms with Crippen LogP contribution in [0.4, 0.5) is 4.39 Å². The molecule has 2 aromatic heterocycles. The predicted octanol–water partition coefficient (Wildman–Crippen LogP) is 3.75. The number of hydrogen-bond donors (Lipinski definition) is 1. The van der Waals surface area contributed by atoms with Crippen LogP contribution in [0, 0.1) is 6.92 Å². The molecule has 1 saturated heterocycles. The molecule has 1 N–H and O–H groups in total. The van der Waals surface area contributed by atoms with E-state index < -0.39 is 5.67 Å². The van der Waals surface area contributed by atoms with Gasteiger partial charge in [0.05, 0.1) is 23.3 Å². The van der Waals surface area contributed by atoms with Gasteiger partial charge in [-0.05, 0) is 37.3 Å². The van der Waals surface area contributed by atoms with E-state index in [9.17, 15) is 9.18 Å². The maximum atomic E-state index is 14.5. The molecule has 27 heavy (non-hydrogen) atoms. The first-order valence-electron chi connectivity index (χ1n) is 8.47. The summed E-state index contributed by atoms with van der Waals surface area (Å²) in [5.41, 5.74) is -0.513. The topological polar surface area (TPSA) is 64.1 Å². The molecule has 0 saturated carbocycles. The second kappa shape index (κ2) is 7.18. The molecule has 0 spiro atoms.